The number of hydrogen-bond acceptors (Lipinski definition) is 4. The largest absolute Gasteiger partial charge is 0.390 e. The van der Waals surface area contributed by atoms with Gasteiger partial charge < -0.3 is 16.2 Å². The van der Waals surface area contributed by atoms with E-state index < -0.39 is 11.5 Å². The van der Waals surface area contributed by atoms with Crippen LogP contribution in [-0.2, 0) is 6.42 Å². The van der Waals surface area contributed by atoms with E-state index in [1.54, 1.807) is 6.20 Å². The van der Waals surface area contributed by atoms with Crippen molar-refractivity contribution in [3.05, 3.63) is 29.1 Å². The molecule has 0 aromatic carbocycles. The first-order valence-electron chi connectivity index (χ1n) is 8.99. The summed E-state index contributed by atoms with van der Waals surface area (Å²) < 4.78 is 0. The van der Waals surface area contributed by atoms with E-state index in [9.17, 15) is 9.90 Å². The van der Waals surface area contributed by atoms with E-state index in [0.717, 1.165) is 42.6 Å². The summed E-state index contributed by atoms with van der Waals surface area (Å²) in [5, 5.41) is 14.4. The van der Waals surface area contributed by atoms with E-state index >= 15 is 0 Å². The molecule has 1 aromatic heterocycles. The van der Waals surface area contributed by atoms with Gasteiger partial charge in [-0.25, -0.2) is 0 Å². The van der Waals surface area contributed by atoms with Crippen molar-refractivity contribution >= 4 is 17.7 Å². The number of amides is 1. The third-order valence-electron chi connectivity index (χ3n) is 6.61. The lowest BCUT2D eigenvalue weighted by Gasteiger charge is -2.58. The zero-order chi connectivity index (χ0) is 16.5. The highest BCUT2D eigenvalue weighted by Crippen LogP contribution is 2.56. The van der Waals surface area contributed by atoms with Crippen molar-refractivity contribution in [3.8, 4) is 0 Å². The average Bonchev–Trinajstić information content (AvgIpc) is 2.97. The highest BCUT2D eigenvalue weighted by Gasteiger charge is 2.54. The number of carbonyl (C=O) groups is 1. The fourth-order valence-electron chi connectivity index (χ4n) is 5.92. The third kappa shape index (κ3) is 2.04. The number of fused-ring (bicyclic) bond motifs is 1. The third-order valence-corrected chi connectivity index (χ3v) is 6.61. The summed E-state index contributed by atoms with van der Waals surface area (Å²) in [6.07, 6.45) is 11.7. The number of hydrogen-bond donors (Lipinski definition) is 3. The number of nitrogens with zero attached hydrogens (tertiary/aromatic N) is 1. The number of rotatable bonds is 3. The number of carbonyl (C=O) groups excluding carboxylic acids is 1. The molecule has 3 unspecified atom stereocenters. The van der Waals surface area contributed by atoms with Crippen molar-refractivity contribution in [1.29, 1.82) is 0 Å². The van der Waals surface area contributed by atoms with Crippen molar-refractivity contribution in [3.63, 3.8) is 0 Å². The number of nitrogens with two attached hydrogens (primary N) is 1. The second-order valence-electron chi connectivity index (χ2n) is 8.24. The van der Waals surface area contributed by atoms with E-state index in [2.05, 4.69) is 16.4 Å². The molecule has 5 atom stereocenters. The molecule has 1 heterocycles. The van der Waals surface area contributed by atoms with Crippen LogP contribution in [0.4, 0.5) is 5.69 Å². The quantitative estimate of drug-likeness (QED) is 0.794. The summed E-state index contributed by atoms with van der Waals surface area (Å²) in [7, 11) is 0. The molecule has 1 amide bonds. The van der Waals surface area contributed by atoms with Gasteiger partial charge in [-0.05, 0) is 49.9 Å². The fourth-order valence-corrected chi connectivity index (χ4v) is 5.92. The van der Waals surface area contributed by atoms with Gasteiger partial charge in [0.25, 0.3) is 5.91 Å². The van der Waals surface area contributed by atoms with E-state index in [1.807, 2.05) is 6.08 Å². The normalized spacial score (nSPS) is 38.4. The van der Waals surface area contributed by atoms with Crippen LogP contribution in [0.3, 0.4) is 0 Å². The molecule has 4 fully saturated rings. The lowest BCUT2D eigenvalue weighted by Crippen LogP contribution is -2.59. The lowest BCUT2D eigenvalue weighted by molar-refractivity contribution is -0.129. The number of anilines is 1. The van der Waals surface area contributed by atoms with E-state index in [4.69, 9.17) is 5.73 Å². The summed E-state index contributed by atoms with van der Waals surface area (Å²) in [6.45, 7) is 0. The van der Waals surface area contributed by atoms with Crippen LogP contribution in [0.25, 0.3) is 6.08 Å². The predicted molar refractivity (Wildman–Crippen MR) is 91.4 cm³/mol. The molecule has 0 radical (unpaired) electrons. The molecular weight excluding hydrogens is 302 g/mol. The first-order chi connectivity index (χ1) is 11.5. The van der Waals surface area contributed by atoms with Crippen molar-refractivity contribution in [2.45, 2.75) is 50.2 Å². The molecule has 5 aliphatic carbocycles. The smallest absolute Gasteiger partial charge is 0.252 e. The van der Waals surface area contributed by atoms with Gasteiger partial charge in [0.05, 0.1) is 22.5 Å². The minimum atomic E-state index is -0.443. The van der Waals surface area contributed by atoms with Gasteiger partial charge in [0.2, 0.25) is 0 Å². The van der Waals surface area contributed by atoms with E-state index in [1.165, 1.54) is 12.8 Å². The van der Waals surface area contributed by atoms with E-state index in [0.29, 0.717) is 29.4 Å². The molecule has 5 heteroatoms. The first kappa shape index (κ1) is 14.5. The van der Waals surface area contributed by atoms with Crippen molar-refractivity contribution in [1.82, 2.24) is 4.98 Å². The SMILES string of the molecule is NC(=O)c1cnc2c(c1NC1[C@@H]3CC4C[C@H]1CC(O)(C4)C3)C=CC2. The molecule has 4 saturated carbocycles. The molecule has 5 aliphatic rings. The van der Waals surface area contributed by atoms with Crippen LogP contribution >= 0.6 is 0 Å². The zero-order valence-corrected chi connectivity index (χ0v) is 13.7. The summed E-state index contributed by atoms with van der Waals surface area (Å²) in [5.74, 6) is 1.20. The first-order valence-corrected chi connectivity index (χ1v) is 8.99. The van der Waals surface area contributed by atoms with Crippen LogP contribution in [0.2, 0.25) is 0 Å². The Kier molecular flexibility index (Phi) is 2.90. The predicted octanol–water partition coefficient (Wildman–Crippen LogP) is 2.10. The Labute approximate surface area is 141 Å². The minimum Gasteiger partial charge on any atom is -0.390 e. The summed E-state index contributed by atoms with van der Waals surface area (Å²) in [5.41, 5.74) is 8.50. The zero-order valence-electron chi connectivity index (χ0n) is 13.7. The highest BCUT2D eigenvalue weighted by atomic mass is 16.3. The topological polar surface area (TPSA) is 88.2 Å². The van der Waals surface area contributed by atoms with Gasteiger partial charge in [-0.2, -0.15) is 0 Å². The number of primary amides is 1. The molecule has 6 rings (SSSR count). The van der Waals surface area contributed by atoms with Crippen LogP contribution in [-0.4, -0.2) is 27.6 Å². The van der Waals surface area contributed by atoms with Crippen LogP contribution in [0.5, 0.6) is 0 Å². The average molecular weight is 325 g/mol. The van der Waals surface area contributed by atoms with Crippen LogP contribution < -0.4 is 11.1 Å². The van der Waals surface area contributed by atoms with Crippen molar-refractivity contribution in [2.24, 2.45) is 23.5 Å². The fraction of sp³-hybridized carbons (Fsp3) is 0.579. The number of allylic oxidation sites excluding steroid dienone is 1. The Hall–Kier alpha value is -1.88. The Morgan fingerprint density at radius 1 is 1.29 bits per heavy atom. The summed E-state index contributed by atoms with van der Waals surface area (Å²) >= 11 is 0. The van der Waals surface area contributed by atoms with Gasteiger partial charge >= 0.3 is 0 Å². The molecular formula is C19H23N3O2. The van der Waals surface area contributed by atoms with Gasteiger partial charge in [-0.3, -0.25) is 9.78 Å². The molecule has 4 N–H and O–H groups in total. The second-order valence-corrected chi connectivity index (χ2v) is 8.24. The molecule has 1 aromatic rings. The van der Waals surface area contributed by atoms with Gasteiger partial charge in [0, 0.05) is 24.2 Å². The number of aliphatic hydroxyl groups is 1. The Bertz CT molecular complexity index is 741. The van der Waals surface area contributed by atoms with Gasteiger partial charge in [-0.1, -0.05) is 12.2 Å². The summed E-state index contributed by atoms with van der Waals surface area (Å²) in [6, 6.07) is 0.320. The maximum atomic E-state index is 11.9. The Balaban J connectivity index is 1.52. The van der Waals surface area contributed by atoms with E-state index in [-0.39, 0.29) is 0 Å². The molecule has 126 valence electrons. The molecule has 24 heavy (non-hydrogen) atoms. The molecule has 0 spiro atoms. The Morgan fingerprint density at radius 3 is 2.71 bits per heavy atom. The standard InChI is InChI=1S/C19H23N3O2/c20-18(23)14-9-21-15-3-1-2-13(15)17(14)22-16-11-4-10-5-12(16)8-19(24,6-10)7-11/h1-2,9-12,16,24H,3-8H2,(H2,20,23)(H,21,22)/t10?,11-,12+,16?,19?. The molecule has 0 aliphatic heterocycles. The number of nitrogens with one attached hydrogen (secondary N) is 1. The number of pyridine rings is 1. The highest BCUT2D eigenvalue weighted by molar-refractivity contribution is 6.00. The summed E-state index contributed by atoms with van der Waals surface area (Å²) in [4.78, 5) is 16.3. The van der Waals surface area contributed by atoms with Crippen LogP contribution in [0.15, 0.2) is 12.3 Å². The minimum absolute atomic E-state index is 0.320. The maximum Gasteiger partial charge on any atom is 0.252 e. The van der Waals surface area contributed by atoms with Crippen molar-refractivity contribution in [2.75, 3.05) is 5.32 Å². The lowest BCUT2D eigenvalue weighted by atomic mass is 9.52. The van der Waals surface area contributed by atoms with Gasteiger partial charge in [0.15, 0.2) is 0 Å². The van der Waals surface area contributed by atoms with Crippen molar-refractivity contribution < 1.29 is 9.90 Å². The second kappa shape index (κ2) is 4.82. The Morgan fingerprint density at radius 2 is 2.04 bits per heavy atom. The molecule has 0 saturated heterocycles. The maximum absolute atomic E-state index is 11.9. The van der Waals surface area contributed by atoms with Crippen LogP contribution in [0.1, 0.15) is 53.7 Å². The molecule has 5 nitrogen and oxygen atoms in total. The molecule has 4 bridgehead atoms. The van der Waals surface area contributed by atoms with Gasteiger partial charge in [0.1, 0.15) is 0 Å². The van der Waals surface area contributed by atoms with Crippen LogP contribution in [0, 0.1) is 17.8 Å². The monoisotopic (exact) mass is 325 g/mol. The number of aromatic nitrogens is 1. The van der Waals surface area contributed by atoms with Gasteiger partial charge in [-0.15, -0.1) is 0 Å².